The van der Waals surface area contributed by atoms with Gasteiger partial charge in [0.05, 0.1) is 81.4 Å². The molecule has 0 bridgehead atoms. The van der Waals surface area contributed by atoms with Gasteiger partial charge in [-0.3, -0.25) is 19.2 Å². The van der Waals surface area contributed by atoms with E-state index in [0.29, 0.717) is 57.0 Å². The summed E-state index contributed by atoms with van der Waals surface area (Å²) in [6.45, 7) is 13.7. The molecule has 2 N–H and O–H groups in total. The van der Waals surface area contributed by atoms with Crippen molar-refractivity contribution in [2.24, 2.45) is 0 Å². The van der Waals surface area contributed by atoms with E-state index >= 15 is 0 Å². The van der Waals surface area contributed by atoms with Crippen LogP contribution in [0.4, 0.5) is 0 Å². The molecular weight excluding hydrogens is 917 g/mol. The maximum atomic E-state index is 11.8. The second kappa shape index (κ2) is 51.3. The predicted octanol–water partition coefficient (Wildman–Crippen LogP) is 7.82. The molecule has 0 fully saturated rings. The molecule has 0 aromatic carbocycles. The van der Waals surface area contributed by atoms with Crippen molar-refractivity contribution in [3.8, 4) is 0 Å². The van der Waals surface area contributed by atoms with Crippen molar-refractivity contribution in [1.82, 2.24) is 0 Å². The average molecular weight is 999 g/mol. The van der Waals surface area contributed by atoms with Gasteiger partial charge in [0, 0.05) is 48.0 Å². The number of carbonyl (C=O) groups is 4. The van der Waals surface area contributed by atoms with E-state index in [1.54, 1.807) is 35.3 Å². The quantitative estimate of drug-likeness (QED) is 0.0189. The zero-order valence-electron chi connectivity index (χ0n) is 37.1. The van der Waals surface area contributed by atoms with Gasteiger partial charge < -0.3 is 33.1 Å². The van der Waals surface area contributed by atoms with E-state index in [4.69, 9.17) is 42.9 Å². The molecule has 0 unspecified atom stereocenters. The second-order valence-electron chi connectivity index (χ2n) is 14.0. The van der Waals surface area contributed by atoms with Crippen molar-refractivity contribution in [2.75, 3.05) is 149 Å². The fourth-order valence-corrected chi connectivity index (χ4v) is 8.66. The SMILES string of the molecule is CCC[N+](C)(C)CCO.CCC[N+](C)(C)CCOC(=O)CCSCSCCC(=O)OCC[N+](C)(C)CCC.CO.CSC.Cl.Cl.O=C(Cl)CCSSCCC(=O)Cl. The number of aliphatic hydroxyl groups is 2. The van der Waals surface area contributed by atoms with Crippen molar-refractivity contribution in [1.29, 1.82) is 0 Å². The minimum atomic E-state index is -0.323. The maximum Gasteiger partial charge on any atom is 0.306 e. The van der Waals surface area contributed by atoms with E-state index in [2.05, 4.69) is 63.1 Å². The lowest BCUT2D eigenvalue weighted by atomic mass is 10.4. The summed E-state index contributed by atoms with van der Waals surface area (Å²) in [5.41, 5.74) is 0. The van der Waals surface area contributed by atoms with Crippen LogP contribution in [0.3, 0.4) is 0 Å². The Hall–Kier alpha value is 0.990. The molecule has 57 heavy (non-hydrogen) atoms. The highest BCUT2D eigenvalue weighted by molar-refractivity contribution is 8.76. The Bertz CT molecular complexity index is 855. The fraction of sp³-hybridized carbons (Fsp3) is 0.892. The number of nitrogens with zero attached hydrogens (tertiary/aromatic N) is 3. The normalized spacial score (nSPS) is 10.5. The van der Waals surface area contributed by atoms with Crippen LogP contribution in [-0.2, 0) is 28.7 Å². The lowest BCUT2D eigenvalue weighted by Crippen LogP contribution is -2.43. The highest BCUT2D eigenvalue weighted by Gasteiger charge is 2.16. The van der Waals surface area contributed by atoms with Gasteiger partial charge in [0.2, 0.25) is 10.5 Å². The number of halogens is 4. The summed E-state index contributed by atoms with van der Waals surface area (Å²) in [7, 11) is 17.0. The Kier molecular flexibility index (Phi) is 65.2. The van der Waals surface area contributed by atoms with E-state index < -0.39 is 0 Å². The molecule has 0 aliphatic rings. The van der Waals surface area contributed by atoms with Gasteiger partial charge in [0.1, 0.15) is 32.8 Å². The molecule has 0 aliphatic heterocycles. The topological polar surface area (TPSA) is 127 Å². The monoisotopic (exact) mass is 996 g/mol. The van der Waals surface area contributed by atoms with Gasteiger partial charge in [0.15, 0.2) is 0 Å². The van der Waals surface area contributed by atoms with Crippen LogP contribution in [0.1, 0.15) is 65.7 Å². The first-order chi connectivity index (χ1) is 25.8. The molecule has 0 aliphatic carbocycles. The van der Waals surface area contributed by atoms with Crippen LogP contribution in [-0.4, -0.2) is 195 Å². The van der Waals surface area contributed by atoms with Gasteiger partial charge in [-0.2, -0.15) is 35.3 Å². The number of aliphatic hydroxyl groups excluding tert-OH is 2. The van der Waals surface area contributed by atoms with Crippen LogP contribution >= 0.6 is 105 Å². The minimum absolute atomic E-state index is 0. The lowest BCUT2D eigenvalue weighted by molar-refractivity contribution is -0.890. The predicted molar refractivity (Wildman–Crippen MR) is 262 cm³/mol. The zero-order valence-corrected chi connectivity index (χ0v) is 44.4. The van der Waals surface area contributed by atoms with Crippen LogP contribution in [0, 0.1) is 0 Å². The number of esters is 2. The summed E-state index contributed by atoms with van der Waals surface area (Å²) >= 11 is 15.4. The Labute approximate surface area is 391 Å². The highest BCUT2D eigenvalue weighted by atomic mass is 35.5. The molecule has 348 valence electrons. The number of carbonyl (C=O) groups excluding carboxylic acids is 4. The second-order valence-corrected chi connectivity index (χ2v) is 20.9. The third-order valence-corrected chi connectivity index (χ3v) is 12.1. The van der Waals surface area contributed by atoms with Crippen molar-refractivity contribution in [3.63, 3.8) is 0 Å². The molecular formula is C37H82Cl4N3O8S5+3. The van der Waals surface area contributed by atoms with E-state index in [1.807, 2.05) is 12.5 Å². The van der Waals surface area contributed by atoms with Crippen molar-refractivity contribution in [3.05, 3.63) is 0 Å². The van der Waals surface area contributed by atoms with Gasteiger partial charge in [-0.1, -0.05) is 42.4 Å². The molecule has 0 aromatic rings. The average Bonchev–Trinajstić information content (AvgIpc) is 3.07. The smallest absolute Gasteiger partial charge is 0.306 e. The molecule has 0 aromatic heterocycles. The molecule has 20 heteroatoms. The minimum Gasteiger partial charge on any atom is -0.460 e. The first-order valence-corrected chi connectivity index (χ1v) is 26.0. The van der Waals surface area contributed by atoms with E-state index in [9.17, 15) is 19.2 Å². The number of ether oxygens (including phenoxy) is 2. The molecule has 0 spiro atoms. The van der Waals surface area contributed by atoms with E-state index in [1.165, 1.54) is 28.0 Å². The summed E-state index contributed by atoms with van der Waals surface area (Å²) in [6.07, 6.45) is 9.16. The summed E-state index contributed by atoms with van der Waals surface area (Å²) in [6, 6.07) is 0. The Morgan fingerprint density at radius 2 is 0.842 bits per heavy atom. The standard InChI is InChI=1S/C21H44N2O4S2.C7H18NO.C6H8Cl2O2S2.C2H6S.CH4O.2ClH/c1-7-11-22(3,4)13-15-26-20(24)9-17-28-19-29-18-10-21(25)27-16-14-23(5,6)12-8-2;1-4-5-8(2,3)6-7-9;7-5(9)1-3-11-12-4-2-6(8)10;1-3-2;1-2;;/h7-19H2,1-6H3;9H,4-7H2,1-3H3;1-4H2;1-2H3;2H,1H3;2*1H/q+2;+1;;;;;. The largest absolute Gasteiger partial charge is 0.460 e. The molecule has 0 saturated heterocycles. The number of thioether (sulfide) groups is 3. The molecule has 0 atom stereocenters. The van der Waals surface area contributed by atoms with Gasteiger partial charge in [-0.15, -0.1) is 24.8 Å². The Morgan fingerprint density at radius 1 is 0.544 bits per heavy atom. The fourth-order valence-electron chi connectivity index (χ4n) is 4.23. The maximum absolute atomic E-state index is 11.8. The van der Waals surface area contributed by atoms with Crippen molar-refractivity contribution < 1.29 is 52.3 Å². The van der Waals surface area contributed by atoms with Crippen LogP contribution in [0.15, 0.2) is 0 Å². The molecule has 0 radical (unpaired) electrons. The Balaban J connectivity index is -0.000000147. The summed E-state index contributed by atoms with van der Waals surface area (Å²) in [5, 5.41) is 15.8. The van der Waals surface area contributed by atoms with Crippen LogP contribution in [0.25, 0.3) is 0 Å². The number of likely N-dealkylation sites (N-methyl/N-ethyl adjacent to an activating group) is 3. The summed E-state index contributed by atoms with van der Waals surface area (Å²) in [4.78, 5) is 44.0. The molecule has 0 heterocycles. The third-order valence-electron chi connectivity index (χ3n) is 7.03. The Morgan fingerprint density at radius 3 is 1.11 bits per heavy atom. The number of rotatable bonds is 29. The third kappa shape index (κ3) is 69.0. The van der Waals surface area contributed by atoms with Crippen LogP contribution in [0.2, 0.25) is 0 Å². The first kappa shape index (κ1) is 72.4. The van der Waals surface area contributed by atoms with Crippen molar-refractivity contribution >= 4 is 127 Å². The van der Waals surface area contributed by atoms with Gasteiger partial charge >= 0.3 is 11.9 Å². The molecule has 0 saturated carbocycles. The van der Waals surface area contributed by atoms with Gasteiger partial charge in [-0.05, 0) is 55.0 Å². The van der Waals surface area contributed by atoms with Crippen LogP contribution in [0.5, 0.6) is 0 Å². The summed E-state index contributed by atoms with van der Waals surface area (Å²) in [5.74, 6) is 2.65. The first-order valence-electron chi connectivity index (χ1n) is 18.8. The number of hydrogen-bond donors (Lipinski definition) is 2. The summed E-state index contributed by atoms with van der Waals surface area (Å²) < 4.78 is 13.3. The number of quaternary nitrogens is 3. The van der Waals surface area contributed by atoms with E-state index in [-0.39, 0.29) is 47.2 Å². The molecule has 0 amide bonds. The van der Waals surface area contributed by atoms with Crippen molar-refractivity contribution in [2.45, 2.75) is 65.7 Å². The van der Waals surface area contributed by atoms with Crippen LogP contribution < -0.4 is 0 Å². The highest BCUT2D eigenvalue weighted by Crippen LogP contribution is 2.23. The molecule has 11 nitrogen and oxygen atoms in total. The zero-order chi connectivity index (χ0) is 43.6. The number of hydrogen-bond acceptors (Lipinski definition) is 13. The molecule has 0 rings (SSSR count). The lowest BCUT2D eigenvalue weighted by Gasteiger charge is -2.28. The van der Waals surface area contributed by atoms with Gasteiger partial charge in [-0.25, -0.2) is 0 Å². The van der Waals surface area contributed by atoms with Gasteiger partial charge in [0.25, 0.3) is 0 Å². The van der Waals surface area contributed by atoms with E-state index in [0.717, 1.165) is 89.3 Å².